The van der Waals surface area contributed by atoms with E-state index in [9.17, 15) is 4.79 Å². The van der Waals surface area contributed by atoms with Gasteiger partial charge in [0.05, 0.1) is 6.54 Å². The van der Waals surface area contributed by atoms with Crippen LogP contribution in [0.15, 0.2) is 59.1 Å². The van der Waals surface area contributed by atoms with E-state index in [1.165, 1.54) is 4.90 Å². The number of carbonyl (C=O) groups excluding carboxylic acids is 1. The third-order valence-corrected chi connectivity index (χ3v) is 3.97. The number of nitrogens with zero attached hydrogens (tertiary/aromatic N) is 3. The van der Waals surface area contributed by atoms with Crippen molar-refractivity contribution in [3.05, 3.63) is 65.5 Å². The molecule has 3 aromatic rings. The van der Waals surface area contributed by atoms with E-state index in [-0.39, 0.29) is 12.5 Å². The molecule has 3 rings (SSSR count). The molecule has 0 N–H and O–H groups in total. The van der Waals surface area contributed by atoms with E-state index in [0.29, 0.717) is 22.5 Å². The number of ether oxygens (including phenoxy) is 1. The summed E-state index contributed by atoms with van der Waals surface area (Å²) in [5.41, 5.74) is 0.791. The number of amides is 1. The van der Waals surface area contributed by atoms with Crippen molar-refractivity contribution in [2.24, 2.45) is 0 Å². The molecule has 0 fully saturated rings. The number of benzene rings is 2. The summed E-state index contributed by atoms with van der Waals surface area (Å²) >= 11 is 5.88. The fourth-order valence-electron chi connectivity index (χ4n) is 2.38. The van der Waals surface area contributed by atoms with Crippen LogP contribution < -0.4 is 4.74 Å². The van der Waals surface area contributed by atoms with Crippen LogP contribution >= 0.6 is 11.6 Å². The average Bonchev–Trinajstić information content (AvgIpc) is 3.11. The highest BCUT2D eigenvalue weighted by molar-refractivity contribution is 6.30. The van der Waals surface area contributed by atoms with E-state index in [4.69, 9.17) is 20.9 Å². The Kier molecular flexibility index (Phi) is 5.53. The lowest BCUT2D eigenvalue weighted by Crippen LogP contribution is -2.37. The number of rotatable bonds is 6. The summed E-state index contributed by atoms with van der Waals surface area (Å²) in [5.74, 6) is 1.26. The van der Waals surface area contributed by atoms with Crippen molar-refractivity contribution in [3.8, 4) is 17.1 Å². The smallest absolute Gasteiger partial charge is 0.263 e. The van der Waals surface area contributed by atoms with Crippen LogP contribution in [0.4, 0.5) is 0 Å². The van der Waals surface area contributed by atoms with Gasteiger partial charge >= 0.3 is 0 Å². The first-order valence-corrected chi connectivity index (χ1v) is 8.46. The van der Waals surface area contributed by atoms with Gasteiger partial charge < -0.3 is 14.2 Å². The van der Waals surface area contributed by atoms with Crippen LogP contribution in [0.5, 0.6) is 5.75 Å². The van der Waals surface area contributed by atoms with Gasteiger partial charge in [0.15, 0.2) is 6.10 Å². The first-order valence-electron chi connectivity index (χ1n) is 8.08. The molecular formula is C19H18ClN3O3. The van der Waals surface area contributed by atoms with Crippen LogP contribution in [0.1, 0.15) is 12.8 Å². The van der Waals surface area contributed by atoms with Crippen LogP contribution in [0, 0.1) is 0 Å². The first-order chi connectivity index (χ1) is 12.5. The normalized spacial score (nSPS) is 11.8. The molecule has 1 heterocycles. The number of hydrogen-bond donors (Lipinski definition) is 0. The number of halogens is 1. The van der Waals surface area contributed by atoms with E-state index in [2.05, 4.69) is 10.1 Å². The maximum Gasteiger partial charge on any atom is 0.263 e. The second-order valence-corrected chi connectivity index (χ2v) is 6.22. The second kappa shape index (κ2) is 8.01. The quantitative estimate of drug-likeness (QED) is 0.659. The minimum absolute atomic E-state index is 0.180. The molecule has 1 atom stereocenters. The molecule has 1 aromatic heterocycles. The molecule has 0 aliphatic carbocycles. The van der Waals surface area contributed by atoms with Gasteiger partial charge in [0, 0.05) is 17.6 Å². The summed E-state index contributed by atoms with van der Waals surface area (Å²) in [6.45, 7) is 1.90. The second-order valence-electron chi connectivity index (χ2n) is 5.79. The van der Waals surface area contributed by atoms with Crippen molar-refractivity contribution in [1.29, 1.82) is 0 Å². The monoisotopic (exact) mass is 371 g/mol. The highest BCUT2D eigenvalue weighted by Crippen LogP contribution is 2.19. The molecule has 0 bridgehead atoms. The zero-order chi connectivity index (χ0) is 18.5. The minimum atomic E-state index is -0.624. The number of para-hydroxylation sites is 1. The Morgan fingerprint density at radius 3 is 2.58 bits per heavy atom. The summed E-state index contributed by atoms with van der Waals surface area (Å²) in [6, 6.07) is 16.3. The van der Waals surface area contributed by atoms with Gasteiger partial charge in [-0.1, -0.05) is 35.0 Å². The molecular weight excluding hydrogens is 354 g/mol. The van der Waals surface area contributed by atoms with Crippen molar-refractivity contribution in [3.63, 3.8) is 0 Å². The van der Waals surface area contributed by atoms with Crippen LogP contribution in [0.25, 0.3) is 11.4 Å². The van der Waals surface area contributed by atoms with Crippen LogP contribution in [-0.2, 0) is 11.3 Å². The maximum absolute atomic E-state index is 12.5. The predicted molar refractivity (Wildman–Crippen MR) is 97.8 cm³/mol. The number of carbonyl (C=O) groups is 1. The van der Waals surface area contributed by atoms with E-state index < -0.39 is 6.10 Å². The third kappa shape index (κ3) is 4.40. The zero-order valence-electron chi connectivity index (χ0n) is 14.4. The van der Waals surface area contributed by atoms with Gasteiger partial charge in [-0.15, -0.1) is 0 Å². The van der Waals surface area contributed by atoms with Gasteiger partial charge in [0.1, 0.15) is 5.75 Å². The highest BCUT2D eigenvalue weighted by Gasteiger charge is 2.21. The summed E-state index contributed by atoms with van der Waals surface area (Å²) in [5, 5.41) is 4.58. The van der Waals surface area contributed by atoms with Crippen molar-refractivity contribution < 1.29 is 14.1 Å². The fourth-order valence-corrected chi connectivity index (χ4v) is 2.51. The number of hydrogen-bond acceptors (Lipinski definition) is 5. The summed E-state index contributed by atoms with van der Waals surface area (Å²) in [7, 11) is 1.67. The van der Waals surface area contributed by atoms with Gasteiger partial charge in [-0.05, 0) is 43.3 Å². The highest BCUT2D eigenvalue weighted by atomic mass is 35.5. The molecule has 0 spiro atoms. The first kappa shape index (κ1) is 17.9. The predicted octanol–water partition coefficient (Wildman–Crippen LogP) is 3.82. The maximum atomic E-state index is 12.5. The Labute approximate surface area is 156 Å². The van der Waals surface area contributed by atoms with E-state index in [1.807, 2.05) is 30.3 Å². The molecule has 1 amide bonds. The zero-order valence-corrected chi connectivity index (χ0v) is 15.2. The topological polar surface area (TPSA) is 68.5 Å². The van der Waals surface area contributed by atoms with Crippen molar-refractivity contribution in [2.75, 3.05) is 7.05 Å². The molecule has 0 aliphatic heterocycles. The van der Waals surface area contributed by atoms with Crippen LogP contribution in [0.2, 0.25) is 5.02 Å². The van der Waals surface area contributed by atoms with E-state index >= 15 is 0 Å². The molecule has 0 aliphatic rings. The Hall–Kier alpha value is -2.86. The number of aromatic nitrogens is 2. The lowest BCUT2D eigenvalue weighted by Gasteiger charge is -2.20. The average molecular weight is 372 g/mol. The van der Waals surface area contributed by atoms with Gasteiger partial charge in [-0.2, -0.15) is 4.98 Å². The van der Waals surface area contributed by atoms with Gasteiger partial charge in [-0.3, -0.25) is 4.79 Å². The molecule has 6 nitrogen and oxygen atoms in total. The van der Waals surface area contributed by atoms with Crippen molar-refractivity contribution in [1.82, 2.24) is 15.0 Å². The molecule has 0 radical (unpaired) electrons. The lowest BCUT2D eigenvalue weighted by molar-refractivity contribution is -0.137. The fraction of sp³-hybridized carbons (Fsp3) is 0.211. The summed E-state index contributed by atoms with van der Waals surface area (Å²) < 4.78 is 10.9. The summed E-state index contributed by atoms with van der Waals surface area (Å²) in [4.78, 5) is 18.3. The largest absolute Gasteiger partial charge is 0.481 e. The molecule has 0 saturated carbocycles. The van der Waals surface area contributed by atoms with Crippen molar-refractivity contribution >= 4 is 17.5 Å². The minimum Gasteiger partial charge on any atom is -0.481 e. The Bertz CT molecular complexity index is 865. The third-order valence-electron chi connectivity index (χ3n) is 3.72. The van der Waals surface area contributed by atoms with Crippen LogP contribution in [-0.4, -0.2) is 34.1 Å². The lowest BCUT2D eigenvalue weighted by atomic mass is 10.2. The molecule has 7 heteroatoms. The van der Waals surface area contributed by atoms with E-state index in [0.717, 1.165) is 5.56 Å². The molecule has 0 unspecified atom stereocenters. The van der Waals surface area contributed by atoms with Crippen LogP contribution in [0.3, 0.4) is 0 Å². The standard InChI is InChI=1S/C19H18ClN3O3/c1-13(25-16-6-4-3-5-7-16)19(24)23(2)12-17-21-18(22-26-17)14-8-10-15(20)11-9-14/h3-11,13H,12H2,1-2H3/t13-/m0/s1. The van der Waals surface area contributed by atoms with Gasteiger partial charge in [0.25, 0.3) is 5.91 Å². The summed E-state index contributed by atoms with van der Waals surface area (Å²) in [6.07, 6.45) is -0.624. The SMILES string of the molecule is C[C@H](Oc1ccccc1)C(=O)N(C)Cc1nc(-c2ccc(Cl)cc2)no1. The van der Waals surface area contributed by atoms with Gasteiger partial charge in [0.2, 0.25) is 11.7 Å². The Morgan fingerprint density at radius 1 is 1.19 bits per heavy atom. The molecule has 134 valence electrons. The molecule has 26 heavy (non-hydrogen) atoms. The van der Waals surface area contributed by atoms with Crippen molar-refractivity contribution in [2.45, 2.75) is 19.6 Å². The number of likely N-dealkylation sites (N-methyl/N-ethyl adjacent to an activating group) is 1. The molecule has 2 aromatic carbocycles. The van der Waals surface area contributed by atoms with Gasteiger partial charge in [-0.25, -0.2) is 0 Å². The molecule has 0 saturated heterocycles. The Morgan fingerprint density at radius 2 is 1.88 bits per heavy atom. The Balaban J connectivity index is 1.61. The van der Waals surface area contributed by atoms with E-state index in [1.54, 1.807) is 38.2 Å².